The number of amides is 1. The summed E-state index contributed by atoms with van der Waals surface area (Å²) >= 11 is 6.56. The molecule has 0 atom stereocenters. The van der Waals surface area contributed by atoms with Crippen LogP contribution in [0.1, 0.15) is 36.8 Å². The van der Waals surface area contributed by atoms with Crippen LogP contribution in [0, 0.1) is 0 Å². The van der Waals surface area contributed by atoms with Gasteiger partial charge in [0.15, 0.2) is 5.15 Å². The number of aromatic nitrogens is 6. The zero-order chi connectivity index (χ0) is 28.1. The number of carbonyl (C=O) groups is 1. The molecule has 204 valence electrons. The minimum Gasteiger partial charge on any atom is -0.348 e. The molecule has 0 fully saturated rings. The van der Waals surface area contributed by atoms with E-state index in [0.29, 0.717) is 17.5 Å². The molecule has 1 amide bonds. The quantitative estimate of drug-likeness (QED) is 0.226. The molecule has 40 heavy (non-hydrogen) atoms. The molecule has 3 aromatic carbocycles. The van der Waals surface area contributed by atoms with E-state index in [4.69, 9.17) is 11.6 Å². The zero-order valence-corrected chi connectivity index (χ0v) is 23.7. The number of unbranched alkanes of at least 4 members (excludes halogenated alkanes) is 1. The second kappa shape index (κ2) is 12.3. The number of rotatable bonds is 10. The van der Waals surface area contributed by atoms with E-state index in [0.717, 1.165) is 64.2 Å². The number of aryl methyl sites for hydroxylation is 1. The Hall–Kier alpha value is -4.30. The van der Waals surface area contributed by atoms with Crippen LogP contribution in [0.4, 0.5) is 0 Å². The molecule has 2 heterocycles. The van der Waals surface area contributed by atoms with Gasteiger partial charge in [-0.1, -0.05) is 85.6 Å². The largest absolute Gasteiger partial charge is 0.348 e. The van der Waals surface area contributed by atoms with Crippen LogP contribution in [0.2, 0.25) is 5.15 Å². The Bertz CT molecular complexity index is 1580. The van der Waals surface area contributed by atoms with E-state index >= 15 is 0 Å². The van der Waals surface area contributed by atoms with Crippen LogP contribution in [-0.4, -0.2) is 55.1 Å². The van der Waals surface area contributed by atoms with Gasteiger partial charge in [0, 0.05) is 32.6 Å². The number of halogens is 1. The van der Waals surface area contributed by atoms with Gasteiger partial charge in [-0.2, -0.15) is 5.21 Å². The molecule has 0 saturated carbocycles. The van der Waals surface area contributed by atoms with Gasteiger partial charge in [-0.05, 0) is 51.6 Å². The molecule has 8 nitrogen and oxygen atoms in total. The van der Waals surface area contributed by atoms with Gasteiger partial charge in [-0.25, -0.2) is 4.98 Å². The molecule has 5 rings (SSSR count). The van der Waals surface area contributed by atoms with E-state index in [1.165, 1.54) is 0 Å². The summed E-state index contributed by atoms with van der Waals surface area (Å²) in [5, 5.41) is 15.2. The van der Waals surface area contributed by atoms with Crippen molar-refractivity contribution < 1.29 is 4.79 Å². The summed E-state index contributed by atoms with van der Waals surface area (Å²) in [5.41, 5.74) is 7.04. The highest BCUT2D eigenvalue weighted by atomic mass is 35.5. The van der Waals surface area contributed by atoms with Crippen molar-refractivity contribution in [2.24, 2.45) is 0 Å². The fourth-order valence-electron chi connectivity index (χ4n) is 4.72. The van der Waals surface area contributed by atoms with E-state index < -0.39 is 0 Å². The summed E-state index contributed by atoms with van der Waals surface area (Å²) in [7, 11) is 3.51. The van der Waals surface area contributed by atoms with Crippen molar-refractivity contribution in [2.75, 3.05) is 14.1 Å². The molecule has 0 aliphatic carbocycles. The maximum absolute atomic E-state index is 12.6. The number of aromatic amines is 1. The number of benzene rings is 3. The van der Waals surface area contributed by atoms with E-state index in [9.17, 15) is 4.79 Å². The third-order valence-electron chi connectivity index (χ3n) is 6.99. The Labute approximate surface area is 239 Å². The topological polar surface area (TPSA) is 92.6 Å². The summed E-state index contributed by atoms with van der Waals surface area (Å²) in [4.78, 5) is 18.8. The monoisotopic (exact) mass is 553 g/mol. The number of nitrogens with zero attached hydrogens (tertiary/aromatic N) is 6. The molecule has 0 aliphatic rings. The molecule has 0 spiro atoms. The number of tetrazole rings is 1. The first-order valence-corrected chi connectivity index (χ1v) is 13.8. The molecule has 9 heteroatoms. The highest BCUT2D eigenvalue weighted by Gasteiger charge is 2.20. The Morgan fingerprint density at radius 1 is 0.950 bits per heavy atom. The Morgan fingerprint density at radius 3 is 2.38 bits per heavy atom. The average Bonchev–Trinajstić information content (AvgIpc) is 3.61. The second-order valence-electron chi connectivity index (χ2n) is 9.98. The highest BCUT2D eigenvalue weighted by Crippen LogP contribution is 2.34. The zero-order valence-electron chi connectivity index (χ0n) is 22.9. The Morgan fingerprint density at radius 2 is 1.70 bits per heavy atom. The molecule has 2 aromatic heterocycles. The molecule has 0 saturated heterocycles. The first-order chi connectivity index (χ1) is 19.4. The van der Waals surface area contributed by atoms with Crippen LogP contribution in [0.25, 0.3) is 33.6 Å². The summed E-state index contributed by atoms with van der Waals surface area (Å²) < 4.78 is 2.11. The van der Waals surface area contributed by atoms with Gasteiger partial charge in [0.2, 0.25) is 11.7 Å². The normalized spacial score (nSPS) is 11.1. The number of nitrogens with one attached hydrogen (secondary N) is 1. The summed E-state index contributed by atoms with van der Waals surface area (Å²) in [6.45, 7) is 2.73. The third kappa shape index (κ3) is 5.97. The van der Waals surface area contributed by atoms with Crippen molar-refractivity contribution in [1.29, 1.82) is 0 Å². The molecular formula is C31H32ClN7O. The van der Waals surface area contributed by atoms with E-state index in [-0.39, 0.29) is 12.3 Å². The van der Waals surface area contributed by atoms with Crippen LogP contribution in [-0.2, 0) is 24.2 Å². The van der Waals surface area contributed by atoms with Gasteiger partial charge < -0.3 is 9.47 Å². The lowest BCUT2D eigenvalue weighted by molar-refractivity contribution is -0.128. The van der Waals surface area contributed by atoms with E-state index in [2.05, 4.69) is 85.6 Å². The number of hydrogen-bond donors (Lipinski definition) is 1. The smallest absolute Gasteiger partial charge is 0.228 e. The van der Waals surface area contributed by atoms with Crippen LogP contribution in [0.3, 0.4) is 0 Å². The standard InChI is InChI=1S/C31H32ClN7O/c1-4-5-11-28-33-30(32)27(19-29(40)38(2)3)39(28)20-21-12-14-23(15-13-21)26-18-24(22-9-7-6-8-10-22)16-17-25(26)31-34-36-37-35-31/h6-10,12-18H,4-5,11,19-20H2,1-3H3,(H,34,35,36,37). The lowest BCUT2D eigenvalue weighted by Crippen LogP contribution is -2.25. The van der Waals surface area contributed by atoms with Crippen molar-refractivity contribution in [3.63, 3.8) is 0 Å². The predicted octanol–water partition coefficient (Wildman–Crippen LogP) is 6.07. The number of likely N-dealkylation sites (N-methyl/N-ethyl adjacent to an activating group) is 1. The minimum absolute atomic E-state index is 0.00673. The van der Waals surface area contributed by atoms with E-state index in [1.807, 2.05) is 24.3 Å². The fourth-order valence-corrected chi connectivity index (χ4v) is 4.99. The number of hydrogen-bond acceptors (Lipinski definition) is 5. The molecule has 0 radical (unpaired) electrons. The number of imidazole rings is 1. The van der Waals surface area contributed by atoms with Crippen molar-refractivity contribution in [2.45, 2.75) is 39.2 Å². The maximum atomic E-state index is 12.6. The molecular weight excluding hydrogens is 522 g/mol. The Balaban J connectivity index is 1.49. The van der Waals surface area contributed by atoms with E-state index in [1.54, 1.807) is 19.0 Å². The summed E-state index contributed by atoms with van der Waals surface area (Å²) in [6.07, 6.45) is 3.08. The first-order valence-electron chi connectivity index (χ1n) is 13.4. The van der Waals surface area contributed by atoms with Gasteiger partial charge >= 0.3 is 0 Å². The van der Waals surface area contributed by atoms with Crippen LogP contribution >= 0.6 is 11.6 Å². The molecule has 0 aliphatic heterocycles. The summed E-state index contributed by atoms with van der Waals surface area (Å²) in [5.74, 6) is 1.45. The van der Waals surface area contributed by atoms with Gasteiger partial charge in [-0.3, -0.25) is 4.79 Å². The Kier molecular flexibility index (Phi) is 8.36. The van der Waals surface area contributed by atoms with Crippen LogP contribution < -0.4 is 0 Å². The van der Waals surface area contributed by atoms with Crippen LogP contribution in [0.5, 0.6) is 0 Å². The SMILES string of the molecule is CCCCc1nc(Cl)c(CC(=O)N(C)C)n1Cc1ccc(-c2cc(-c3ccccc3)ccc2-c2nn[nH]n2)cc1. The number of H-pyrrole nitrogens is 1. The number of carbonyl (C=O) groups excluding carboxylic acids is 1. The van der Waals surface area contributed by atoms with Gasteiger partial charge in [0.05, 0.1) is 12.1 Å². The highest BCUT2D eigenvalue weighted by molar-refractivity contribution is 6.30. The molecule has 1 N–H and O–H groups in total. The third-order valence-corrected chi connectivity index (χ3v) is 7.30. The van der Waals surface area contributed by atoms with Gasteiger partial charge in [0.25, 0.3) is 0 Å². The predicted molar refractivity (Wildman–Crippen MR) is 158 cm³/mol. The lowest BCUT2D eigenvalue weighted by Gasteiger charge is -2.15. The van der Waals surface area contributed by atoms with Crippen molar-refractivity contribution in [3.05, 3.63) is 95.0 Å². The maximum Gasteiger partial charge on any atom is 0.228 e. The van der Waals surface area contributed by atoms with Crippen LogP contribution in [0.15, 0.2) is 72.8 Å². The molecule has 0 bridgehead atoms. The fraction of sp³-hybridized carbons (Fsp3) is 0.258. The first kappa shape index (κ1) is 27.3. The minimum atomic E-state index is -0.00673. The molecule has 0 unspecified atom stereocenters. The second-order valence-corrected chi connectivity index (χ2v) is 10.3. The summed E-state index contributed by atoms with van der Waals surface area (Å²) in [6, 6.07) is 25.0. The molecule has 5 aromatic rings. The van der Waals surface area contributed by atoms with Gasteiger partial charge in [-0.15, -0.1) is 10.2 Å². The van der Waals surface area contributed by atoms with Crippen molar-refractivity contribution in [1.82, 2.24) is 35.1 Å². The van der Waals surface area contributed by atoms with Crippen molar-refractivity contribution in [3.8, 4) is 33.6 Å². The lowest BCUT2D eigenvalue weighted by atomic mass is 9.93. The van der Waals surface area contributed by atoms with Crippen molar-refractivity contribution >= 4 is 17.5 Å². The van der Waals surface area contributed by atoms with Gasteiger partial charge in [0.1, 0.15) is 5.82 Å². The average molecular weight is 554 g/mol.